The van der Waals surface area contributed by atoms with E-state index in [-0.39, 0.29) is 0 Å². The van der Waals surface area contributed by atoms with Gasteiger partial charge in [-0.05, 0) is 53.8 Å². The molecule has 0 aromatic heterocycles. The minimum absolute atomic E-state index is 0.372. The average molecular weight is 478 g/mol. The molecule has 176 valence electrons. The van der Waals surface area contributed by atoms with Crippen LogP contribution in [0.1, 0.15) is 35.1 Å². The maximum absolute atomic E-state index is 13.4. The van der Waals surface area contributed by atoms with Crippen LogP contribution in [0, 0.1) is 0 Å². The molecule has 7 heteroatoms. The number of rotatable bonds is 7. The summed E-state index contributed by atoms with van der Waals surface area (Å²) in [6.07, 6.45) is 1.44. The SMILES string of the molecule is NCc1ccc(Cl)cc1CN1CCC[C@H]1C(=O)NC(=O)C(O)(c1ccccc1)c1ccccc1. The zero-order chi connectivity index (χ0) is 24.1. The lowest BCUT2D eigenvalue weighted by atomic mass is 9.85. The van der Waals surface area contributed by atoms with Gasteiger partial charge in [0.15, 0.2) is 5.60 Å². The van der Waals surface area contributed by atoms with Crippen molar-refractivity contribution in [2.75, 3.05) is 6.54 Å². The average Bonchev–Trinajstić information content (AvgIpc) is 3.33. The van der Waals surface area contributed by atoms with Crippen molar-refractivity contribution >= 4 is 23.4 Å². The van der Waals surface area contributed by atoms with Gasteiger partial charge in [0.25, 0.3) is 5.91 Å². The molecule has 1 atom stereocenters. The van der Waals surface area contributed by atoms with Crippen molar-refractivity contribution in [2.45, 2.75) is 37.6 Å². The van der Waals surface area contributed by atoms with Gasteiger partial charge in [0.1, 0.15) is 0 Å². The van der Waals surface area contributed by atoms with Crippen LogP contribution in [0.25, 0.3) is 0 Å². The number of carbonyl (C=O) groups is 2. The molecule has 1 aliphatic heterocycles. The van der Waals surface area contributed by atoms with Crippen molar-refractivity contribution < 1.29 is 14.7 Å². The Kier molecular flexibility index (Phi) is 7.44. The van der Waals surface area contributed by atoms with E-state index in [0.717, 1.165) is 17.5 Å². The van der Waals surface area contributed by atoms with Gasteiger partial charge in [-0.3, -0.25) is 19.8 Å². The third kappa shape index (κ3) is 4.91. The Hall–Kier alpha value is -3.03. The fourth-order valence-electron chi connectivity index (χ4n) is 4.55. The zero-order valence-electron chi connectivity index (χ0n) is 18.8. The molecule has 0 bridgehead atoms. The number of nitrogens with two attached hydrogens (primary N) is 1. The molecule has 3 aromatic carbocycles. The molecule has 1 heterocycles. The van der Waals surface area contributed by atoms with E-state index in [0.29, 0.717) is 42.2 Å². The lowest BCUT2D eigenvalue weighted by molar-refractivity contribution is -0.143. The molecule has 0 spiro atoms. The second-order valence-corrected chi connectivity index (χ2v) is 8.94. The molecule has 0 aliphatic carbocycles. The Morgan fingerprint density at radius 2 is 1.62 bits per heavy atom. The molecule has 1 saturated heterocycles. The number of aliphatic hydroxyl groups is 1. The van der Waals surface area contributed by atoms with Crippen molar-refractivity contribution in [2.24, 2.45) is 5.73 Å². The summed E-state index contributed by atoms with van der Waals surface area (Å²) >= 11 is 6.18. The third-order valence-corrected chi connectivity index (χ3v) is 6.61. The monoisotopic (exact) mass is 477 g/mol. The summed E-state index contributed by atoms with van der Waals surface area (Å²) in [5, 5.41) is 14.7. The maximum Gasteiger partial charge on any atom is 0.267 e. The number of benzene rings is 3. The van der Waals surface area contributed by atoms with Gasteiger partial charge in [-0.1, -0.05) is 78.3 Å². The van der Waals surface area contributed by atoms with Crippen LogP contribution in [0.15, 0.2) is 78.9 Å². The molecule has 34 heavy (non-hydrogen) atoms. The van der Waals surface area contributed by atoms with Gasteiger partial charge in [-0.25, -0.2) is 0 Å². The molecule has 0 saturated carbocycles. The van der Waals surface area contributed by atoms with Crippen LogP contribution in [-0.2, 0) is 28.3 Å². The first-order chi connectivity index (χ1) is 16.4. The molecule has 4 rings (SSSR count). The van der Waals surface area contributed by atoms with Crippen molar-refractivity contribution in [1.82, 2.24) is 10.2 Å². The summed E-state index contributed by atoms with van der Waals surface area (Å²) in [6, 6.07) is 22.4. The predicted octanol–water partition coefficient (Wildman–Crippen LogP) is 3.34. The molecule has 4 N–H and O–H groups in total. The van der Waals surface area contributed by atoms with Crippen LogP contribution in [-0.4, -0.2) is 34.4 Å². The highest BCUT2D eigenvalue weighted by Gasteiger charge is 2.42. The number of halogens is 1. The minimum atomic E-state index is -2.00. The Labute approximate surface area is 204 Å². The summed E-state index contributed by atoms with van der Waals surface area (Å²) in [5.41, 5.74) is 6.59. The van der Waals surface area contributed by atoms with E-state index in [2.05, 4.69) is 5.32 Å². The molecule has 0 unspecified atom stereocenters. The van der Waals surface area contributed by atoms with E-state index in [4.69, 9.17) is 17.3 Å². The third-order valence-electron chi connectivity index (χ3n) is 6.38. The van der Waals surface area contributed by atoms with Gasteiger partial charge in [-0.2, -0.15) is 0 Å². The molecule has 0 radical (unpaired) electrons. The highest BCUT2D eigenvalue weighted by atomic mass is 35.5. The summed E-state index contributed by atoms with van der Waals surface area (Å²) < 4.78 is 0. The van der Waals surface area contributed by atoms with Gasteiger partial charge < -0.3 is 10.8 Å². The first kappa shape index (κ1) is 24.1. The highest BCUT2D eigenvalue weighted by molar-refractivity contribution is 6.30. The Morgan fingerprint density at radius 1 is 1.00 bits per heavy atom. The lowest BCUT2D eigenvalue weighted by Gasteiger charge is -2.29. The Morgan fingerprint density at radius 3 is 2.21 bits per heavy atom. The molecule has 6 nitrogen and oxygen atoms in total. The predicted molar refractivity (Wildman–Crippen MR) is 132 cm³/mol. The number of amides is 2. The maximum atomic E-state index is 13.4. The largest absolute Gasteiger partial charge is 0.372 e. The van der Waals surface area contributed by atoms with E-state index < -0.39 is 23.5 Å². The van der Waals surface area contributed by atoms with Crippen LogP contribution < -0.4 is 11.1 Å². The van der Waals surface area contributed by atoms with Crippen LogP contribution in [0.3, 0.4) is 0 Å². The molecule has 1 fully saturated rings. The summed E-state index contributed by atoms with van der Waals surface area (Å²) in [5.74, 6) is -1.20. The van der Waals surface area contributed by atoms with Crippen molar-refractivity contribution in [3.05, 3.63) is 106 Å². The summed E-state index contributed by atoms with van der Waals surface area (Å²) in [4.78, 5) is 28.7. The molecule has 2 amide bonds. The molecular formula is C27H28ClN3O3. The van der Waals surface area contributed by atoms with Crippen LogP contribution in [0.5, 0.6) is 0 Å². The number of hydrogen-bond acceptors (Lipinski definition) is 5. The van der Waals surface area contributed by atoms with Gasteiger partial charge in [-0.15, -0.1) is 0 Å². The quantitative estimate of drug-likeness (QED) is 0.485. The van der Waals surface area contributed by atoms with E-state index in [9.17, 15) is 14.7 Å². The first-order valence-corrected chi connectivity index (χ1v) is 11.7. The summed E-state index contributed by atoms with van der Waals surface area (Å²) in [6.45, 7) is 1.59. The Bertz CT molecular complexity index is 1110. The second kappa shape index (κ2) is 10.5. The van der Waals surface area contributed by atoms with Crippen LogP contribution in [0.4, 0.5) is 0 Å². The number of nitrogens with one attached hydrogen (secondary N) is 1. The van der Waals surface area contributed by atoms with E-state index in [1.54, 1.807) is 66.7 Å². The number of likely N-dealkylation sites (tertiary alicyclic amines) is 1. The standard InChI is InChI=1S/C27H28ClN3O3/c28-23-14-13-19(17-29)20(16-23)18-31-15-7-12-24(31)25(32)30-26(33)27(34,21-8-3-1-4-9-21)22-10-5-2-6-11-22/h1-6,8-11,13-14,16,24,34H,7,12,15,17-18,29H2,(H,30,32,33)/t24-/m0/s1. The van der Waals surface area contributed by atoms with Crippen molar-refractivity contribution in [3.8, 4) is 0 Å². The van der Waals surface area contributed by atoms with Crippen LogP contribution in [0.2, 0.25) is 5.02 Å². The molecular weight excluding hydrogens is 450 g/mol. The van der Waals surface area contributed by atoms with Crippen molar-refractivity contribution in [1.29, 1.82) is 0 Å². The second-order valence-electron chi connectivity index (χ2n) is 8.51. The highest BCUT2D eigenvalue weighted by Crippen LogP contribution is 2.30. The van der Waals surface area contributed by atoms with Crippen molar-refractivity contribution in [3.63, 3.8) is 0 Å². The lowest BCUT2D eigenvalue weighted by Crippen LogP contribution is -2.52. The zero-order valence-corrected chi connectivity index (χ0v) is 19.5. The number of carbonyl (C=O) groups excluding carboxylic acids is 2. The van der Waals surface area contributed by atoms with E-state index in [1.165, 1.54) is 0 Å². The topological polar surface area (TPSA) is 95.7 Å². The smallest absolute Gasteiger partial charge is 0.267 e. The van der Waals surface area contributed by atoms with E-state index in [1.807, 2.05) is 17.0 Å². The van der Waals surface area contributed by atoms with Gasteiger partial charge in [0, 0.05) is 18.1 Å². The normalized spacial score (nSPS) is 16.4. The minimum Gasteiger partial charge on any atom is -0.372 e. The van der Waals surface area contributed by atoms with Gasteiger partial charge in [0.05, 0.1) is 6.04 Å². The summed E-state index contributed by atoms with van der Waals surface area (Å²) in [7, 11) is 0. The van der Waals surface area contributed by atoms with Gasteiger partial charge >= 0.3 is 0 Å². The number of hydrogen-bond donors (Lipinski definition) is 3. The van der Waals surface area contributed by atoms with E-state index >= 15 is 0 Å². The fourth-order valence-corrected chi connectivity index (χ4v) is 4.74. The molecule has 1 aliphatic rings. The fraction of sp³-hybridized carbons (Fsp3) is 0.259. The van der Waals surface area contributed by atoms with Crippen LogP contribution >= 0.6 is 11.6 Å². The molecule has 3 aromatic rings. The number of imide groups is 1. The number of nitrogens with zero attached hydrogens (tertiary/aromatic N) is 1. The Balaban J connectivity index is 1.56. The first-order valence-electron chi connectivity index (χ1n) is 11.3. The van der Waals surface area contributed by atoms with Gasteiger partial charge in [0.2, 0.25) is 5.91 Å².